The van der Waals surface area contributed by atoms with Gasteiger partial charge in [-0.3, -0.25) is 4.79 Å². The lowest BCUT2D eigenvalue weighted by molar-refractivity contribution is 0.0920. The normalized spacial score (nSPS) is 10.7. The first-order chi connectivity index (χ1) is 13.2. The molecule has 7 nitrogen and oxygen atoms in total. The van der Waals surface area contributed by atoms with Crippen LogP contribution in [0, 0.1) is 0 Å². The van der Waals surface area contributed by atoms with Crippen LogP contribution in [0.3, 0.4) is 0 Å². The predicted octanol–water partition coefficient (Wildman–Crippen LogP) is 3.91. The minimum atomic E-state index is -0.388. The highest BCUT2D eigenvalue weighted by Gasteiger charge is 2.20. The number of nitrogens with one attached hydrogen (secondary N) is 1. The maximum absolute atomic E-state index is 12.7. The molecule has 0 saturated carbocycles. The molecule has 4 aromatic rings. The van der Waals surface area contributed by atoms with E-state index < -0.39 is 0 Å². The van der Waals surface area contributed by atoms with E-state index >= 15 is 0 Å². The molecule has 8 heteroatoms. The SMILES string of the molecule is COc1ccc(-c2nc(NCc3cccs3)n(C(=O)c3ccco3)n2)cc1. The number of anilines is 1. The Morgan fingerprint density at radius 2 is 2.07 bits per heavy atom. The molecule has 0 spiro atoms. The summed E-state index contributed by atoms with van der Waals surface area (Å²) in [5, 5.41) is 9.57. The fourth-order valence-electron chi connectivity index (χ4n) is 2.51. The largest absolute Gasteiger partial charge is 0.497 e. The zero-order valence-corrected chi connectivity index (χ0v) is 15.3. The third-order valence-electron chi connectivity index (χ3n) is 3.88. The average molecular weight is 380 g/mol. The van der Waals surface area contributed by atoms with Gasteiger partial charge >= 0.3 is 5.91 Å². The zero-order valence-electron chi connectivity index (χ0n) is 14.5. The number of aromatic nitrogens is 3. The number of furan rings is 1. The standard InChI is InChI=1S/C19H16N4O3S/c1-25-14-8-6-13(7-9-14)17-21-19(20-12-15-4-3-11-27-15)23(22-17)18(24)16-5-2-10-26-16/h2-11H,12H2,1H3,(H,20,21,22). The lowest BCUT2D eigenvalue weighted by Crippen LogP contribution is -2.16. The molecule has 27 heavy (non-hydrogen) atoms. The third kappa shape index (κ3) is 3.61. The van der Waals surface area contributed by atoms with E-state index in [0.717, 1.165) is 16.2 Å². The van der Waals surface area contributed by atoms with Gasteiger partial charge in [0, 0.05) is 10.4 Å². The molecule has 0 aliphatic carbocycles. The Hall–Kier alpha value is -3.39. The molecular formula is C19H16N4O3S. The second-order valence-corrected chi connectivity index (χ2v) is 6.65. The molecule has 1 N–H and O–H groups in total. The van der Waals surface area contributed by atoms with Crippen molar-refractivity contribution in [2.24, 2.45) is 0 Å². The molecule has 1 aromatic carbocycles. The van der Waals surface area contributed by atoms with Gasteiger partial charge in [0.2, 0.25) is 5.95 Å². The van der Waals surface area contributed by atoms with Gasteiger partial charge in [0.1, 0.15) is 5.75 Å². The molecule has 136 valence electrons. The lowest BCUT2D eigenvalue weighted by Gasteiger charge is -2.04. The summed E-state index contributed by atoms with van der Waals surface area (Å²) in [4.78, 5) is 18.4. The number of carbonyl (C=O) groups excluding carboxylic acids is 1. The van der Waals surface area contributed by atoms with E-state index in [1.54, 1.807) is 30.6 Å². The highest BCUT2D eigenvalue weighted by atomic mass is 32.1. The van der Waals surface area contributed by atoms with E-state index in [4.69, 9.17) is 9.15 Å². The number of carbonyl (C=O) groups is 1. The van der Waals surface area contributed by atoms with Gasteiger partial charge in [-0.15, -0.1) is 16.4 Å². The molecule has 0 fully saturated rings. The monoisotopic (exact) mass is 380 g/mol. The number of rotatable bonds is 6. The first-order valence-electron chi connectivity index (χ1n) is 8.20. The first kappa shape index (κ1) is 17.0. The molecule has 4 rings (SSSR count). The van der Waals surface area contributed by atoms with Crippen LogP contribution in [-0.2, 0) is 6.54 Å². The number of benzene rings is 1. The van der Waals surface area contributed by atoms with Crippen LogP contribution in [0.2, 0.25) is 0 Å². The Bertz CT molecular complexity index is 1020. The molecule has 0 radical (unpaired) electrons. The Morgan fingerprint density at radius 1 is 1.22 bits per heavy atom. The highest BCUT2D eigenvalue weighted by molar-refractivity contribution is 7.09. The van der Waals surface area contributed by atoms with Crippen molar-refractivity contribution < 1.29 is 13.9 Å². The molecule has 3 heterocycles. The van der Waals surface area contributed by atoms with Crippen molar-refractivity contribution in [2.75, 3.05) is 12.4 Å². The summed E-state index contributed by atoms with van der Waals surface area (Å²) in [5.41, 5.74) is 0.779. The van der Waals surface area contributed by atoms with Gasteiger partial charge in [-0.25, -0.2) is 0 Å². The van der Waals surface area contributed by atoms with Crippen molar-refractivity contribution in [3.63, 3.8) is 0 Å². The van der Waals surface area contributed by atoms with E-state index in [2.05, 4.69) is 15.4 Å². The van der Waals surface area contributed by atoms with E-state index in [1.165, 1.54) is 10.9 Å². The van der Waals surface area contributed by atoms with Gasteiger partial charge in [0.05, 0.1) is 19.9 Å². The molecule has 0 bridgehead atoms. The fraction of sp³-hybridized carbons (Fsp3) is 0.105. The Morgan fingerprint density at radius 3 is 2.74 bits per heavy atom. The summed E-state index contributed by atoms with van der Waals surface area (Å²) in [7, 11) is 1.61. The third-order valence-corrected chi connectivity index (χ3v) is 4.76. The quantitative estimate of drug-likeness (QED) is 0.546. The van der Waals surface area contributed by atoms with Crippen molar-refractivity contribution in [3.05, 3.63) is 70.8 Å². The number of methoxy groups -OCH3 is 1. The van der Waals surface area contributed by atoms with E-state index in [0.29, 0.717) is 18.3 Å². The second kappa shape index (κ2) is 7.46. The Kier molecular flexibility index (Phi) is 4.71. The van der Waals surface area contributed by atoms with Crippen molar-refractivity contribution in [2.45, 2.75) is 6.54 Å². The van der Waals surface area contributed by atoms with Gasteiger partial charge in [0.15, 0.2) is 11.6 Å². The summed E-state index contributed by atoms with van der Waals surface area (Å²) in [5.74, 6) is 1.34. The number of thiophene rings is 1. The Labute approximate surface area is 159 Å². The predicted molar refractivity (Wildman–Crippen MR) is 102 cm³/mol. The van der Waals surface area contributed by atoms with Crippen LogP contribution in [0.15, 0.2) is 64.6 Å². The zero-order chi connectivity index (χ0) is 18.6. The number of hydrogen-bond donors (Lipinski definition) is 1. The summed E-state index contributed by atoms with van der Waals surface area (Å²) in [6.45, 7) is 0.545. The molecule has 0 atom stereocenters. The van der Waals surface area contributed by atoms with Crippen molar-refractivity contribution >= 4 is 23.2 Å². The number of ether oxygens (including phenoxy) is 1. The molecule has 0 aliphatic rings. The molecule has 0 aliphatic heterocycles. The summed E-state index contributed by atoms with van der Waals surface area (Å²) >= 11 is 1.62. The first-order valence-corrected chi connectivity index (χ1v) is 9.08. The van der Waals surface area contributed by atoms with Crippen LogP contribution in [0.1, 0.15) is 15.4 Å². The minimum Gasteiger partial charge on any atom is -0.497 e. The summed E-state index contributed by atoms with van der Waals surface area (Å²) in [6.07, 6.45) is 1.45. The molecule has 3 aromatic heterocycles. The summed E-state index contributed by atoms with van der Waals surface area (Å²) < 4.78 is 11.6. The average Bonchev–Trinajstić information content (AvgIpc) is 3.47. The molecular weight excluding hydrogens is 364 g/mol. The minimum absolute atomic E-state index is 0.195. The van der Waals surface area contributed by atoms with Crippen molar-refractivity contribution in [1.82, 2.24) is 14.8 Å². The van der Waals surface area contributed by atoms with E-state index in [9.17, 15) is 4.79 Å². The van der Waals surface area contributed by atoms with E-state index in [-0.39, 0.29) is 11.7 Å². The van der Waals surface area contributed by atoms with Gasteiger partial charge in [-0.2, -0.15) is 9.67 Å². The molecule has 0 unspecified atom stereocenters. The van der Waals surface area contributed by atoms with Gasteiger partial charge in [-0.05, 0) is 47.8 Å². The van der Waals surface area contributed by atoms with Crippen LogP contribution in [0.25, 0.3) is 11.4 Å². The molecule has 0 amide bonds. The maximum atomic E-state index is 12.7. The summed E-state index contributed by atoms with van der Waals surface area (Å²) in [6, 6.07) is 14.6. The Balaban J connectivity index is 1.68. The van der Waals surface area contributed by atoms with Crippen LogP contribution in [0.5, 0.6) is 5.75 Å². The van der Waals surface area contributed by atoms with Crippen molar-refractivity contribution in [1.29, 1.82) is 0 Å². The van der Waals surface area contributed by atoms with Gasteiger partial charge in [0.25, 0.3) is 0 Å². The van der Waals surface area contributed by atoms with Gasteiger partial charge < -0.3 is 14.5 Å². The van der Waals surface area contributed by atoms with Gasteiger partial charge in [-0.1, -0.05) is 6.07 Å². The van der Waals surface area contributed by atoms with E-state index in [1.807, 2.05) is 41.8 Å². The van der Waals surface area contributed by atoms with Crippen molar-refractivity contribution in [3.8, 4) is 17.1 Å². The van der Waals surface area contributed by atoms with Crippen LogP contribution < -0.4 is 10.1 Å². The van der Waals surface area contributed by atoms with Crippen LogP contribution in [-0.4, -0.2) is 27.8 Å². The highest BCUT2D eigenvalue weighted by Crippen LogP contribution is 2.22. The number of hydrogen-bond acceptors (Lipinski definition) is 7. The van der Waals surface area contributed by atoms with Crippen LogP contribution in [0.4, 0.5) is 5.95 Å². The topological polar surface area (TPSA) is 82.2 Å². The maximum Gasteiger partial charge on any atom is 0.317 e. The molecule has 0 saturated heterocycles. The van der Waals surface area contributed by atoms with Crippen LogP contribution >= 0.6 is 11.3 Å². The second-order valence-electron chi connectivity index (χ2n) is 5.61. The number of nitrogens with zero attached hydrogens (tertiary/aromatic N) is 3. The fourth-order valence-corrected chi connectivity index (χ4v) is 3.16. The smallest absolute Gasteiger partial charge is 0.317 e. The lowest BCUT2D eigenvalue weighted by atomic mass is 10.2.